The van der Waals surface area contributed by atoms with Crippen LogP contribution < -0.4 is 0 Å². The summed E-state index contributed by atoms with van der Waals surface area (Å²) in [6.45, 7) is 0. The Morgan fingerprint density at radius 2 is 1.00 bits per heavy atom. The number of benzene rings is 7. The summed E-state index contributed by atoms with van der Waals surface area (Å²) in [4.78, 5) is 0. The smallest absolute Gasteiger partial charge is 0.0626 e. The number of para-hydroxylation sites is 2. The molecule has 0 aliphatic heterocycles. The molecule has 0 bridgehead atoms. The first-order valence-corrected chi connectivity index (χ1v) is 12.8. The summed E-state index contributed by atoms with van der Waals surface area (Å²) in [5.74, 6) is 0. The summed E-state index contributed by atoms with van der Waals surface area (Å²) >= 11 is 0. The Bertz CT molecular complexity index is 2130. The van der Waals surface area contributed by atoms with Gasteiger partial charge < -0.3 is 4.57 Å². The van der Waals surface area contributed by atoms with E-state index in [9.17, 15) is 0 Å². The van der Waals surface area contributed by atoms with Crippen LogP contribution >= 0.6 is 0 Å². The highest BCUT2D eigenvalue weighted by Crippen LogP contribution is 2.45. The zero-order valence-corrected chi connectivity index (χ0v) is 20.2. The fraction of sp³-hybridized carbons (Fsp3) is 0. The Hall–Kier alpha value is -4.88. The lowest BCUT2D eigenvalue weighted by Crippen LogP contribution is -1.98. The molecule has 0 aliphatic carbocycles. The van der Waals surface area contributed by atoms with Crippen LogP contribution in [0.15, 0.2) is 140 Å². The van der Waals surface area contributed by atoms with Crippen LogP contribution in [0.5, 0.6) is 0 Å². The van der Waals surface area contributed by atoms with Gasteiger partial charge in [0.1, 0.15) is 0 Å². The van der Waals surface area contributed by atoms with Crippen LogP contribution in [0.2, 0.25) is 0 Å². The van der Waals surface area contributed by atoms with E-state index in [1.54, 1.807) is 0 Å². The molecular weight excluding hydrogens is 446 g/mol. The number of nitrogens with zero attached hydrogens (tertiary/aromatic N) is 1. The molecule has 0 radical (unpaired) electrons. The van der Waals surface area contributed by atoms with Crippen molar-refractivity contribution < 1.29 is 0 Å². The molecule has 1 nitrogen and oxygen atoms in total. The minimum absolute atomic E-state index is 1.20. The fourth-order valence-electron chi connectivity index (χ4n) is 6.23. The summed E-state index contributed by atoms with van der Waals surface area (Å²) < 4.78 is 2.50. The van der Waals surface area contributed by atoms with Crippen molar-refractivity contribution in [2.45, 2.75) is 0 Å². The van der Waals surface area contributed by atoms with Gasteiger partial charge in [-0.05, 0) is 44.6 Å². The number of fused-ring (bicyclic) bond motifs is 10. The van der Waals surface area contributed by atoms with E-state index >= 15 is 0 Å². The molecule has 0 atom stereocenters. The van der Waals surface area contributed by atoms with Crippen LogP contribution in [0, 0.1) is 0 Å². The van der Waals surface area contributed by atoms with Crippen molar-refractivity contribution in [3.05, 3.63) is 140 Å². The third-order valence-electron chi connectivity index (χ3n) is 7.75. The van der Waals surface area contributed by atoms with Crippen molar-refractivity contribution in [3.8, 4) is 16.8 Å². The van der Waals surface area contributed by atoms with Crippen LogP contribution in [-0.2, 0) is 0 Å². The minimum Gasteiger partial charge on any atom is -0.308 e. The summed E-state index contributed by atoms with van der Waals surface area (Å²) in [6, 6.07) is 50.6. The second-order valence-electron chi connectivity index (χ2n) is 9.71. The Labute approximate surface area is 214 Å². The molecule has 1 heteroatoms. The highest BCUT2D eigenvalue weighted by Gasteiger charge is 2.21. The summed E-state index contributed by atoms with van der Waals surface area (Å²) in [6.07, 6.45) is 0. The molecule has 0 saturated heterocycles. The predicted octanol–water partition coefficient (Wildman–Crippen LogP) is 9.91. The monoisotopic (exact) mass is 469 g/mol. The van der Waals surface area contributed by atoms with E-state index in [1.165, 1.54) is 70.9 Å². The van der Waals surface area contributed by atoms with E-state index in [0.29, 0.717) is 0 Å². The van der Waals surface area contributed by atoms with Crippen LogP contribution in [0.3, 0.4) is 0 Å². The van der Waals surface area contributed by atoms with Crippen molar-refractivity contribution in [3.63, 3.8) is 0 Å². The van der Waals surface area contributed by atoms with Gasteiger partial charge in [-0.3, -0.25) is 0 Å². The van der Waals surface area contributed by atoms with Gasteiger partial charge >= 0.3 is 0 Å². The average Bonchev–Trinajstić information content (AvgIpc) is 3.33. The van der Waals surface area contributed by atoms with Crippen molar-refractivity contribution in [1.29, 1.82) is 0 Å². The Balaban J connectivity index is 1.67. The molecule has 0 N–H and O–H groups in total. The zero-order chi connectivity index (χ0) is 24.3. The fourth-order valence-corrected chi connectivity index (χ4v) is 6.23. The van der Waals surface area contributed by atoms with Crippen molar-refractivity contribution in [2.75, 3.05) is 0 Å². The molecule has 172 valence electrons. The number of hydrogen-bond donors (Lipinski definition) is 0. The second-order valence-corrected chi connectivity index (χ2v) is 9.71. The summed E-state index contributed by atoms with van der Waals surface area (Å²) in [5.41, 5.74) is 6.15. The first-order chi connectivity index (χ1) is 18.4. The Morgan fingerprint density at radius 1 is 0.378 bits per heavy atom. The van der Waals surface area contributed by atoms with Gasteiger partial charge in [-0.25, -0.2) is 0 Å². The van der Waals surface area contributed by atoms with E-state index in [1.807, 2.05) is 0 Å². The van der Waals surface area contributed by atoms with E-state index in [2.05, 4.69) is 144 Å². The van der Waals surface area contributed by atoms with Gasteiger partial charge in [-0.2, -0.15) is 0 Å². The van der Waals surface area contributed by atoms with Gasteiger partial charge in [0.2, 0.25) is 0 Å². The van der Waals surface area contributed by atoms with Gasteiger partial charge in [0.25, 0.3) is 0 Å². The van der Waals surface area contributed by atoms with Crippen LogP contribution in [0.25, 0.3) is 70.9 Å². The lowest BCUT2D eigenvalue weighted by Gasteiger charge is -2.16. The molecule has 0 aliphatic rings. The maximum Gasteiger partial charge on any atom is 0.0626 e. The molecule has 8 aromatic rings. The lowest BCUT2D eigenvalue weighted by atomic mass is 9.93. The van der Waals surface area contributed by atoms with Gasteiger partial charge in [0, 0.05) is 21.7 Å². The molecular formula is C36H23N. The first kappa shape index (κ1) is 20.3. The molecule has 8 rings (SSSR count). The van der Waals surface area contributed by atoms with E-state index < -0.39 is 0 Å². The highest BCUT2D eigenvalue weighted by molar-refractivity contribution is 6.36. The van der Waals surface area contributed by atoms with Gasteiger partial charge in [0.15, 0.2) is 0 Å². The van der Waals surface area contributed by atoms with Crippen LogP contribution in [0.1, 0.15) is 0 Å². The summed E-state index contributed by atoms with van der Waals surface area (Å²) in [7, 11) is 0. The molecule has 0 saturated carbocycles. The van der Waals surface area contributed by atoms with Crippen LogP contribution in [-0.4, -0.2) is 4.57 Å². The van der Waals surface area contributed by atoms with Crippen molar-refractivity contribution in [2.24, 2.45) is 0 Å². The van der Waals surface area contributed by atoms with Crippen molar-refractivity contribution in [1.82, 2.24) is 4.57 Å². The average molecular weight is 470 g/mol. The maximum absolute atomic E-state index is 2.50. The normalized spacial score (nSPS) is 11.8. The summed E-state index contributed by atoms with van der Waals surface area (Å²) in [5, 5.41) is 10.4. The number of hydrogen-bond acceptors (Lipinski definition) is 0. The molecule has 0 unspecified atom stereocenters. The largest absolute Gasteiger partial charge is 0.308 e. The Kier molecular flexibility index (Phi) is 4.29. The molecule has 1 heterocycles. The lowest BCUT2D eigenvalue weighted by molar-refractivity contribution is 1.19. The third kappa shape index (κ3) is 2.86. The third-order valence-corrected chi connectivity index (χ3v) is 7.75. The second kappa shape index (κ2) is 7.81. The standard InChI is InChI=1S/C36H23N/c1-2-12-24(13-3-1)26-15-8-10-20-32(26)37-33-21-11-9-19-30(33)35-29-18-7-6-17-28(29)34-27-16-5-4-14-25(27)22-23-31(34)36(35)37/h1-23H. The SMILES string of the molecule is c1ccc(-c2ccccc2-n2c3ccccc3c3c4ccccc4c4c5ccccc5ccc4c32)cc1. The molecule has 0 fully saturated rings. The van der Waals surface area contributed by atoms with E-state index in [4.69, 9.17) is 0 Å². The van der Waals surface area contributed by atoms with Gasteiger partial charge in [-0.1, -0.05) is 127 Å². The number of rotatable bonds is 2. The molecule has 1 aromatic heterocycles. The quantitative estimate of drug-likeness (QED) is 0.222. The topological polar surface area (TPSA) is 4.93 Å². The van der Waals surface area contributed by atoms with E-state index in [-0.39, 0.29) is 0 Å². The number of aromatic nitrogens is 1. The molecule has 0 amide bonds. The molecule has 7 aromatic carbocycles. The predicted molar refractivity (Wildman–Crippen MR) is 159 cm³/mol. The van der Waals surface area contributed by atoms with Gasteiger partial charge in [-0.15, -0.1) is 0 Å². The zero-order valence-electron chi connectivity index (χ0n) is 20.2. The maximum atomic E-state index is 2.50. The van der Waals surface area contributed by atoms with Crippen molar-refractivity contribution >= 4 is 54.1 Å². The van der Waals surface area contributed by atoms with Crippen LogP contribution in [0.4, 0.5) is 0 Å². The minimum atomic E-state index is 1.20. The molecule has 37 heavy (non-hydrogen) atoms. The van der Waals surface area contributed by atoms with Gasteiger partial charge in [0.05, 0.1) is 16.7 Å². The first-order valence-electron chi connectivity index (χ1n) is 12.8. The van der Waals surface area contributed by atoms with E-state index in [0.717, 1.165) is 0 Å². The highest BCUT2D eigenvalue weighted by atomic mass is 15.0. The Morgan fingerprint density at radius 3 is 1.84 bits per heavy atom. The molecule has 0 spiro atoms.